The summed E-state index contributed by atoms with van der Waals surface area (Å²) in [6.07, 6.45) is 0.287. The van der Waals surface area contributed by atoms with Crippen LogP contribution < -0.4 is 18.9 Å². The Morgan fingerprint density at radius 2 is 1.83 bits per heavy atom. The van der Waals surface area contributed by atoms with Gasteiger partial charge in [0.25, 0.3) is 0 Å². The summed E-state index contributed by atoms with van der Waals surface area (Å²) in [5.41, 5.74) is 4.10. The zero-order valence-electron chi connectivity index (χ0n) is 17.2. The largest absolute Gasteiger partial charge is 0.461 e. The van der Waals surface area contributed by atoms with E-state index in [4.69, 9.17) is 23.7 Å². The van der Waals surface area contributed by atoms with Crippen molar-refractivity contribution in [1.82, 2.24) is 4.90 Å². The number of nitrogens with zero attached hydrogens (tertiary/aromatic N) is 1. The van der Waals surface area contributed by atoms with E-state index in [2.05, 4.69) is 31.0 Å². The highest BCUT2D eigenvalue weighted by molar-refractivity contribution is 5.67. The first-order valence-electron chi connectivity index (χ1n) is 10.2. The molecule has 0 aromatic heterocycles. The van der Waals surface area contributed by atoms with Crippen LogP contribution in [0.2, 0.25) is 0 Å². The van der Waals surface area contributed by atoms with Crippen molar-refractivity contribution in [1.29, 1.82) is 0 Å². The number of fused-ring (bicyclic) bond motifs is 8. The number of benzene rings is 2. The molecule has 0 fully saturated rings. The average Bonchev–Trinajstić information content (AvgIpc) is 3.35. The topological polar surface area (TPSA) is 66.5 Å². The molecule has 3 aliphatic heterocycles. The van der Waals surface area contributed by atoms with E-state index >= 15 is 0 Å². The van der Waals surface area contributed by atoms with E-state index in [9.17, 15) is 4.79 Å². The zero-order valence-corrected chi connectivity index (χ0v) is 17.2. The van der Waals surface area contributed by atoms with Gasteiger partial charge in [0.1, 0.15) is 6.10 Å². The summed E-state index contributed by atoms with van der Waals surface area (Å²) in [7, 11) is 2.10. The van der Waals surface area contributed by atoms with Crippen molar-refractivity contribution in [2.75, 3.05) is 20.6 Å². The molecule has 6 rings (SSSR count). The quantitative estimate of drug-likeness (QED) is 0.671. The first kappa shape index (κ1) is 17.9. The van der Waals surface area contributed by atoms with Crippen LogP contribution in [0.4, 0.5) is 0 Å². The van der Waals surface area contributed by atoms with Crippen molar-refractivity contribution < 1.29 is 28.5 Å². The van der Waals surface area contributed by atoms with Gasteiger partial charge in [-0.05, 0) is 41.9 Å². The maximum Gasteiger partial charge on any atom is 0.302 e. The van der Waals surface area contributed by atoms with E-state index < -0.39 is 5.41 Å². The molecule has 3 atom stereocenters. The SMILES string of the molecule is CC(=O)OC1Cc2cc3c(cc2C2N(C)Cc4c(ccc5c4OCO5)[C@@]12C)OCO3. The number of likely N-dealkylation sites (N-methyl/N-ethyl adjacent to an activating group) is 1. The summed E-state index contributed by atoms with van der Waals surface area (Å²) in [6, 6.07) is 8.22. The number of carbonyl (C=O) groups is 1. The second kappa shape index (κ2) is 6.04. The van der Waals surface area contributed by atoms with Gasteiger partial charge in [0.2, 0.25) is 13.6 Å². The molecule has 0 amide bonds. The molecule has 2 aromatic carbocycles. The molecule has 0 N–H and O–H groups in total. The molecular formula is C23H23NO6. The van der Waals surface area contributed by atoms with Gasteiger partial charge in [-0.3, -0.25) is 9.69 Å². The van der Waals surface area contributed by atoms with Crippen molar-refractivity contribution in [2.45, 2.75) is 44.4 Å². The number of esters is 1. The van der Waals surface area contributed by atoms with Gasteiger partial charge in [-0.15, -0.1) is 0 Å². The maximum absolute atomic E-state index is 12.1. The van der Waals surface area contributed by atoms with Crippen LogP contribution in [0, 0.1) is 0 Å². The lowest BCUT2D eigenvalue weighted by molar-refractivity contribution is -0.153. The zero-order chi connectivity index (χ0) is 20.6. The molecule has 7 nitrogen and oxygen atoms in total. The van der Waals surface area contributed by atoms with Gasteiger partial charge in [0.05, 0.1) is 5.41 Å². The molecule has 156 valence electrons. The minimum absolute atomic E-state index is 0.00738. The smallest absolute Gasteiger partial charge is 0.302 e. The van der Waals surface area contributed by atoms with E-state index in [0.29, 0.717) is 13.0 Å². The second-order valence-corrected chi connectivity index (χ2v) is 8.63. The highest BCUT2D eigenvalue weighted by Gasteiger charge is 2.55. The molecule has 0 bridgehead atoms. The van der Waals surface area contributed by atoms with Gasteiger partial charge in [-0.2, -0.15) is 0 Å². The maximum atomic E-state index is 12.1. The Hall–Kier alpha value is -2.93. The van der Waals surface area contributed by atoms with Crippen LogP contribution in [-0.2, 0) is 27.9 Å². The molecule has 0 spiro atoms. The van der Waals surface area contributed by atoms with E-state index in [1.807, 2.05) is 12.1 Å². The number of hydrogen-bond acceptors (Lipinski definition) is 7. The van der Waals surface area contributed by atoms with Gasteiger partial charge < -0.3 is 23.7 Å². The van der Waals surface area contributed by atoms with Gasteiger partial charge >= 0.3 is 5.97 Å². The van der Waals surface area contributed by atoms with Crippen LogP contribution in [0.3, 0.4) is 0 Å². The normalized spacial score (nSPS) is 27.8. The summed E-state index contributed by atoms with van der Waals surface area (Å²) in [6.45, 7) is 4.84. The van der Waals surface area contributed by atoms with Gasteiger partial charge in [0, 0.05) is 31.5 Å². The predicted molar refractivity (Wildman–Crippen MR) is 106 cm³/mol. The minimum atomic E-state index is -0.463. The van der Waals surface area contributed by atoms with Crippen LogP contribution in [0.1, 0.15) is 42.1 Å². The second-order valence-electron chi connectivity index (χ2n) is 8.63. The molecule has 1 aliphatic carbocycles. The molecule has 30 heavy (non-hydrogen) atoms. The Morgan fingerprint density at radius 1 is 1.10 bits per heavy atom. The van der Waals surface area contributed by atoms with Crippen LogP contribution in [0.25, 0.3) is 0 Å². The van der Waals surface area contributed by atoms with E-state index in [1.54, 1.807) is 0 Å². The van der Waals surface area contributed by atoms with Crippen molar-refractivity contribution in [3.63, 3.8) is 0 Å². The molecule has 3 heterocycles. The number of ether oxygens (including phenoxy) is 5. The van der Waals surface area contributed by atoms with Crippen molar-refractivity contribution in [3.05, 3.63) is 46.5 Å². The number of hydrogen-bond donors (Lipinski definition) is 0. The monoisotopic (exact) mass is 409 g/mol. The number of carbonyl (C=O) groups excluding carboxylic acids is 1. The highest BCUT2D eigenvalue weighted by atomic mass is 16.7. The molecule has 2 aromatic rings. The third-order valence-corrected chi connectivity index (χ3v) is 6.95. The van der Waals surface area contributed by atoms with Crippen molar-refractivity contribution in [2.24, 2.45) is 0 Å². The lowest BCUT2D eigenvalue weighted by atomic mass is 9.60. The number of rotatable bonds is 1. The van der Waals surface area contributed by atoms with E-state index in [-0.39, 0.29) is 31.7 Å². The lowest BCUT2D eigenvalue weighted by Gasteiger charge is -2.54. The summed E-state index contributed by atoms with van der Waals surface area (Å²) < 4.78 is 28.7. The molecule has 0 radical (unpaired) electrons. The van der Waals surface area contributed by atoms with E-state index in [0.717, 1.165) is 39.7 Å². The Labute approximate surface area is 174 Å². The van der Waals surface area contributed by atoms with Crippen LogP contribution in [0.5, 0.6) is 23.0 Å². The fraction of sp³-hybridized carbons (Fsp3) is 0.435. The summed E-state index contributed by atoms with van der Waals surface area (Å²) in [5, 5.41) is 0. The standard InChI is InChI=1S/C23H23NO6/c1-12(25)30-20-7-13-6-18-19(28-10-27-18)8-14(13)22-23(20,2)16-4-5-17-21(29-11-26-17)15(16)9-24(22)3/h4-6,8,20,22H,7,9-11H2,1-3H3/t20?,22?,23-/m0/s1. The Bertz CT molecular complexity index is 1080. The molecule has 4 aliphatic rings. The highest BCUT2D eigenvalue weighted by Crippen LogP contribution is 2.57. The fourth-order valence-electron chi connectivity index (χ4n) is 5.75. The van der Waals surface area contributed by atoms with Crippen molar-refractivity contribution in [3.8, 4) is 23.0 Å². The molecule has 2 unspecified atom stereocenters. The predicted octanol–water partition coefficient (Wildman–Crippen LogP) is 3.08. The summed E-state index contributed by atoms with van der Waals surface area (Å²) in [5.74, 6) is 2.82. The fourth-order valence-corrected chi connectivity index (χ4v) is 5.75. The summed E-state index contributed by atoms with van der Waals surface area (Å²) >= 11 is 0. The Morgan fingerprint density at radius 3 is 2.63 bits per heavy atom. The summed E-state index contributed by atoms with van der Waals surface area (Å²) in [4.78, 5) is 14.4. The van der Waals surface area contributed by atoms with E-state index in [1.165, 1.54) is 12.5 Å². The van der Waals surface area contributed by atoms with Gasteiger partial charge in [-0.25, -0.2) is 0 Å². The van der Waals surface area contributed by atoms with Gasteiger partial charge in [-0.1, -0.05) is 13.0 Å². The lowest BCUT2D eigenvalue weighted by Crippen LogP contribution is -2.56. The third-order valence-electron chi connectivity index (χ3n) is 6.95. The molecular weight excluding hydrogens is 386 g/mol. The molecule has 7 heteroatoms. The van der Waals surface area contributed by atoms with Crippen molar-refractivity contribution >= 4 is 5.97 Å². The Kier molecular flexibility index (Phi) is 3.60. The van der Waals surface area contributed by atoms with Crippen LogP contribution in [-0.4, -0.2) is 37.6 Å². The minimum Gasteiger partial charge on any atom is -0.461 e. The first-order valence-corrected chi connectivity index (χ1v) is 10.2. The Balaban J connectivity index is 1.59. The molecule has 0 saturated carbocycles. The average molecular weight is 409 g/mol. The molecule has 0 saturated heterocycles. The van der Waals surface area contributed by atoms with Crippen LogP contribution in [0.15, 0.2) is 24.3 Å². The van der Waals surface area contributed by atoms with Gasteiger partial charge in [0.15, 0.2) is 23.0 Å². The van der Waals surface area contributed by atoms with Crippen LogP contribution >= 0.6 is 0 Å². The third kappa shape index (κ3) is 2.27. The first-order chi connectivity index (χ1) is 14.5.